The van der Waals surface area contributed by atoms with Crippen LogP contribution in [0, 0.1) is 0 Å². The van der Waals surface area contributed by atoms with Crippen LogP contribution in [0.4, 0.5) is 0 Å². The smallest absolute Gasteiger partial charge is 0.340 e. The van der Waals surface area contributed by atoms with Crippen molar-refractivity contribution in [2.45, 2.75) is 23.1 Å². The Bertz CT molecular complexity index is 713. The number of methoxy groups -OCH3 is 2. The quantitative estimate of drug-likeness (QED) is 0.634. The highest BCUT2D eigenvalue weighted by molar-refractivity contribution is 7.99. The molecule has 0 radical (unpaired) electrons. The van der Waals surface area contributed by atoms with E-state index < -0.39 is 0 Å². The normalized spacial score (nSPS) is 16.1. The average Bonchev–Trinajstić information content (AvgIpc) is 2.82. The first kappa shape index (κ1) is 14.6. The molecule has 0 saturated heterocycles. The number of hydrogen-bond donors (Lipinski definition) is 0. The van der Waals surface area contributed by atoms with Gasteiger partial charge >= 0.3 is 5.97 Å². The maximum absolute atomic E-state index is 12.0. The van der Waals surface area contributed by atoms with Crippen molar-refractivity contribution in [1.82, 2.24) is 9.97 Å². The number of fused-ring (bicyclic) bond motifs is 1. The van der Waals surface area contributed by atoms with E-state index in [-0.39, 0.29) is 12.1 Å². The summed E-state index contributed by atoms with van der Waals surface area (Å²) in [6, 6.07) is 7.22. The van der Waals surface area contributed by atoms with E-state index in [4.69, 9.17) is 14.2 Å². The summed E-state index contributed by atoms with van der Waals surface area (Å²) in [4.78, 5) is 21.3. The number of carbonyl (C=O) groups is 1. The molecule has 0 aliphatic carbocycles. The van der Waals surface area contributed by atoms with Gasteiger partial charge in [-0.05, 0) is 24.8 Å². The second kappa shape index (κ2) is 5.84. The van der Waals surface area contributed by atoms with Gasteiger partial charge in [-0.25, -0.2) is 4.79 Å². The van der Waals surface area contributed by atoms with Gasteiger partial charge in [0.05, 0.1) is 25.8 Å². The Morgan fingerprint density at radius 1 is 1.18 bits per heavy atom. The second-order valence-corrected chi connectivity index (χ2v) is 5.61. The summed E-state index contributed by atoms with van der Waals surface area (Å²) in [6.07, 6.45) is -0.233. The Labute approximate surface area is 131 Å². The van der Waals surface area contributed by atoms with E-state index in [0.29, 0.717) is 22.5 Å². The fraction of sp³-hybridized carbons (Fsp3) is 0.267. The van der Waals surface area contributed by atoms with Crippen molar-refractivity contribution < 1.29 is 19.0 Å². The van der Waals surface area contributed by atoms with E-state index in [1.165, 1.54) is 26.0 Å². The van der Waals surface area contributed by atoms with Crippen LogP contribution in [0.3, 0.4) is 0 Å². The molecule has 1 aliphatic heterocycles. The van der Waals surface area contributed by atoms with Crippen molar-refractivity contribution in [2.24, 2.45) is 0 Å². The largest absolute Gasteiger partial charge is 0.481 e. The number of carbonyl (C=O) groups excluding carboxylic acids is 1. The third kappa shape index (κ3) is 2.59. The van der Waals surface area contributed by atoms with Crippen LogP contribution in [0.25, 0.3) is 0 Å². The summed E-state index contributed by atoms with van der Waals surface area (Å²) in [7, 11) is 3.05. The van der Waals surface area contributed by atoms with Crippen LogP contribution in [-0.2, 0) is 4.74 Å². The second-order valence-electron chi connectivity index (χ2n) is 4.61. The number of nitrogens with zero attached hydrogens (tertiary/aromatic N) is 2. The van der Waals surface area contributed by atoms with Crippen LogP contribution in [0.1, 0.15) is 28.9 Å². The molecule has 0 spiro atoms. The zero-order chi connectivity index (χ0) is 15.7. The minimum atomic E-state index is -0.319. The first-order valence-corrected chi connectivity index (χ1v) is 7.43. The summed E-state index contributed by atoms with van der Waals surface area (Å²) in [5.74, 6) is 0.483. The third-order valence-electron chi connectivity index (χ3n) is 3.26. The summed E-state index contributed by atoms with van der Waals surface area (Å²) >= 11 is 1.27. The van der Waals surface area contributed by atoms with Gasteiger partial charge in [-0.3, -0.25) is 0 Å². The monoisotopic (exact) mass is 318 g/mol. The standard InChI is InChI=1S/C15H14N2O4S/c1-8-9-5-4-6-10(13(9)14(18)21-8)22-15-16-11(19-2)7-12(17-15)20-3/h4-8H,1-3H3/t8-/m0/s1. The highest BCUT2D eigenvalue weighted by atomic mass is 32.2. The van der Waals surface area contributed by atoms with Crippen LogP contribution in [-0.4, -0.2) is 30.2 Å². The molecule has 7 heteroatoms. The number of hydrogen-bond acceptors (Lipinski definition) is 7. The molecule has 6 nitrogen and oxygen atoms in total. The van der Waals surface area contributed by atoms with Gasteiger partial charge in [0.1, 0.15) is 6.10 Å². The Balaban J connectivity index is 2.00. The number of cyclic esters (lactones) is 1. The van der Waals surface area contributed by atoms with Crippen molar-refractivity contribution in [3.8, 4) is 11.8 Å². The lowest BCUT2D eigenvalue weighted by Gasteiger charge is -2.07. The minimum Gasteiger partial charge on any atom is -0.481 e. The van der Waals surface area contributed by atoms with Gasteiger partial charge in [0.25, 0.3) is 0 Å². The lowest BCUT2D eigenvalue weighted by molar-refractivity contribution is 0.0419. The highest BCUT2D eigenvalue weighted by Gasteiger charge is 2.30. The van der Waals surface area contributed by atoms with Crippen molar-refractivity contribution in [1.29, 1.82) is 0 Å². The molecule has 1 aliphatic rings. The van der Waals surface area contributed by atoms with E-state index in [1.54, 1.807) is 6.07 Å². The molecule has 0 N–H and O–H groups in total. The summed E-state index contributed by atoms with van der Waals surface area (Å²) in [5, 5.41) is 0.442. The molecule has 3 rings (SSSR count). The first-order chi connectivity index (χ1) is 10.6. The molecule has 2 aromatic rings. The number of rotatable bonds is 4. The highest BCUT2D eigenvalue weighted by Crippen LogP contribution is 2.38. The molecule has 1 aromatic heterocycles. The zero-order valence-electron chi connectivity index (χ0n) is 12.3. The van der Waals surface area contributed by atoms with Crippen molar-refractivity contribution in [3.05, 3.63) is 35.4 Å². The van der Waals surface area contributed by atoms with Gasteiger partial charge in [-0.1, -0.05) is 12.1 Å². The third-order valence-corrected chi connectivity index (χ3v) is 4.19. The van der Waals surface area contributed by atoms with Crippen molar-refractivity contribution in [3.63, 3.8) is 0 Å². The molecule has 0 bridgehead atoms. The van der Waals surface area contributed by atoms with E-state index in [9.17, 15) is 4.79 Å². The van der Waals surface area contributed by atoms with Gasteiger partial charge < -0.3 is 14.2 Å². The number of ether oxygens (including phenoxy) is 3. The van der Waals surface area contributed by atoms with Crippen molar-refractivity contribution in [2.75, 3.05) is 14.2 Å². The molecule has 2 heterocycles. The summed E-state index contributed by atoms with van der Waals surface area (Å²) in [6.45, 7) is 1.85. The summed E-state index contributed by atoms with van der Waals surface area (Å²) in [5.41, 5.74) is 1.45. The van der Waals surface area contributed by atoms with E-state index in [1.807, 2.05) is 25.1 Å². The van der Waals surface area contributed by atoms with E-state index >= 15 is 0 Å². The average molecular weight is 318 g/mol. The van der Waals surface area contributed by atoms with Crippen LogP contribution in [0.5, 0.6) is 11.8 Å². The van der Waals surface area contributed by atoms with E-state index in [2.05, 4.69) is 9.97 Å². The zero-order valence-corrected chi connectivity index (χ0v) is 13.1. The fourth-order valence-electron chi connectivity index (χ4n) is 2.21. The van der Waals surface area contributed by atoms with Gasteiger partial charge in [-0.2, -0.15) is 9.97 Å². The van der Waals surface area contributed by atoms with Crippen LogP contribution in [0.15, 0.2) is 34.3 Å². The number of esters is 1. The van der Waals surface area contributed by atoms with Gasteiger partial charge in [-0.15, -0.1) is 0 Å². The Hall–Kier alpha value is -2.28. The van der Waals surface area contributed by atoms with Crippen LogP contribution < -0.4 is 9.47 Å². The topological polar surface area (TPSA) is 70.5 Å². The molecule has 0 fully saturated rings. The number of aromatic nitrogens is 2. The number of benzene rings is 1. The Morgan fingerprint density at radius 3 is 2.50 bits per heavy atom. The van der Waals surface area contributed by atoms with Crippen molar-refractivity contribution >= 4 is 17.7 Å². The Morgan fingerprint density at radius 2 is 1.86 bits per heavy atom. The Kier molecular flexibility index (Phi) is 3.89. The molecular formula is C15H14N2O4S. The lowest BCUT2D eigenvalue weighted by Crippen LogP contribution is -1.99. The maximum Gasteiger partial charge on any atom is 0.340 e. The predicted octanol–water partition coefficient (Wildman–Crippen LogP) is 2.88. The minimum absolute atomic E-state index is 0.233. The van der Waals surface area contributed by atoms with Gasteiger partial charge in [0, 0.05) is 10.5 Å². The molecule has 1 atom stereocenters. The predicted molar refractivity (Wildman–Crippen MR) is 79.5 cm³/mol. The molecule has 1 aromatic carbocycles. The SMILES string of the molecule is COc1cc(OC)nc(Sc2cccc3c2C(=O)O[C@H]3C)n1. The molecule has 22 heavy (non-hydrogen) atoms. The molecule has 0 amide bonds. The molecule has 0 unspecified atom stereocenters. The summed E-state index contributed by atoms with van der Waals surface area (Å²) < 4.78 is 15.5. The van der Waals surface area contributed by atoms with Gasteiger partial charge in [0.2, 0.25) is 11.8 Å². The van der Waals surface area contributed by atoms with E-state index in [0.717, 1.165) is 10.5 Å². The van der Waals surface area contributed by atoms with Gasteiger partial charge in [0.15, 0.2) is 5.16 Å². The maximum atomic E-state index is 12.0. The molecule has 0 saturated carbocycles. The molecule has 114 valence electrons. The first-order valence-electron chi connectivity index (χ1n) is 6.61. The van der Waals surface area contributed by atoms with Crippen LogP contribution in [0.2, 0.25) is 0 Å². The molecular weight excluding hydrogens is 304 g/mol. The van der Waals surface area contributed by atoms with Crippen LogP contribution >= 0.6 is 11.8 Å². The fourth-order valence-corrected chi connectivity index (χ4v) is 3.13. The lowest BCUT2D eigenvalue weighted by atomic mass is 10.1.